The third-order valence-corrected chi connectivity index (χ3v) is 7.40. The number of fused-ring (bicyclic) bond motifs is 2. The fraction of sp³-hybridized carbons (Fsp3) is 0.500. The minimum absolute atomic E-state index is 0.0475. The summed E-state index contributed by atoms with van der Waals surface area (Å²) in [4.78, 5) is 7.00. The fourth-order valence-corrected chi connectivity index (χ4v) is 5.76. The van der Waals surface area contributed by atoms with Gasteiger partial charge in [0.25, 0.3) is 0 Å². The molecule has 0 atom stereocenters. The summed E-state index contributed by atoms with van der Waals surface area (Å²) in [5, 5.41) is 3.24. The van der Waals surface area contributed by atoms with Crippen LogP contribution < -0.4 is 4.31 Å². The van der Waals surface area contributed by atoms with Crippen LogP contribution in [0.2, 0.25) is 0 Å². The van der Waals surface area contributed by atoms with Gasteiger partial charge in [0.2, 0.25) is 10.0 Å². The van der Waals surface area contributed by atoms with Crippen molar-refractivity contribution in [2.24, 2.45) is 0 Å². The molecule has 2 aromatic rings. The Kier molecular flexibility index (Phi) is 4.13. The van der Waals surface area contributed by atoms with E-state index in [0.717, 1.165) is 48.9 Å². The molecule has 0 unspecified atom stereocenters. The zero-order chi connectivity index (χ0) is 17.7. The normalized spacial score (nSPS) is 20.2. The van der Waals surface area contributed by atoms with Crippen molar-refractivity contribution in [3.63, 3.8) is 0 Å². The maximum absolute atomic E-state index is 12.2. The van der Waals surface area contributed by atoms with Crippen molar-refractivity contribution >= 4 is 27.0 Å². The van der Waals surface area contributed by atoms with E-state index in [2.05, 4.69) is 21.3 Å². The lowest BCUT2D eigenvalue weighted by atomic mass is 9.74. The highest BCUT2D eigenvalue weighted by molar-refractivity contribution is 7.92. The lowest BCUT2D eigenvalue weighted by molar-refractivity contribution is 0.160. The first-order chi connectivity index (χ1) is 11.9. The van der Waals surface area contributed by atoms with Gasteiger partial charge in [-0.15, -0.1) is 11.3 Å². The first-order valence-electron chi connectivity index (χ1n) is 8.58. The lowest BCUT2D eigenvalue weighted by Crippen LogP contribution is -2.45. The van der Waals surface area contributed by atoms with Crippen LogP contribution in [0.25, 0.3) is 0 Å². The van der Waals surface area contributed by atoms with Gasteiger partial charge in [-0.2, -0.15) is 0 Å². The number of nitrogens with zero attached hydrogens (tertiary/aromatic N) is 3. The highest BCUT2D eigenvalue weighted by Gasteiger charge is 2.46. The maximum atomic E-state index is 12.2. The number of benzene rings is 1. The average molecular weight is 378 g/mol. The largest absolute Gasteiger partial charge is 0.297 e. The minimum Gasteiger partial charge on any atom is -0.297 e. The zero-order valence-corrected chi connectivity index (χ0v) is 16.2. The van der Waals surface area contributed by atoms with E-state index in [4.69, 9.17) is 0 Å². The molecular formula is C18H23N3O2S2. The molecule has 3 heterocycles. The topological polar surface area (TPSA) is 53.5 Å². The van der Waals surface area contributed by atoms with Crippen LogP contribution in [0.3, 0.4) is 0 Å². The number of likely N-dealkylation sites (tertiary alicyclic amines) is 1. The van der Waals surface area contributed by atoms with E-state index >= 15 is 0 Å². The van der Waals surface area contributed by atoms with Gasteiger partial charge in [-0.05, 0) is 44.5 Å². The van der Waals surface area contributed by atoms with Crippen LogP contribution in [0.4, 0.5) is 5.69 Å². The van der Waals surface area contributed by atoms with Gasteiger partial charge in [0.05, 0.1) is 22.6 Å². The van der Waals surface area contributed by atoms with Crippen LogP contribution in [0, 0.1) is 6.92 Å². The summed E-state index contributed by atoms with van der Waals surface area (Å²) >= 11 is 1.69. The van der Waals surface area contributed by atoms with Gasteiger partial charge in [0.1, 0.15) is 0 Å². The molecule has 1 aromatic carbocycles. The maximum Gasteiger partial charge on any atom is 0.232 e. The molecule has 1 saturated heterocycles. The second-order valence-corrected chi connectivity index (χ2v) is 10.2. The zero-order valence-electron chi connectivity index (χ0n) is 14.6. The van der Waals surface area contributed by atoms with Crippen LogP contribution in [-0.4, -0.2) is 44.2 Å². The average Bonchev–Trinajstić information content (AvgIpc) is 3.12. The number of piperidine rings is 1. The molecule has 0 aliphatic carbocycles. The van der Waals surface area contributed by atoms with E-state index in [0.29, 0.717) is 6.54 Å². The molecule has 1 aromatic heterocycles. The van der Waals surface area contributed by atoms with Crippen molar-refractivity contribution in [3.05, 3.63) is 45.9 Å². The van der Waals surface area contributed by atoms with Gasteiger partial charge < -0.3 is 0 Å². The molecule has 2 aliphatic rings. The number of para-hydroxylation sites is 1. The van der Waals surface area contributed by atoms with E-state index in [1.54, 1.807) is 15.6 Å². The second-order valence-electron chi connectivity index (χ2n) is 7.20. The molecule has 0 N–H and O–H groups in total. The van der Waals surface area contributed by atoms with Crippen molar-refractivity contribution in [2.45, 2.75) is 31.7 Å². The molecule has 0 amide bonds. The molecule has 5 nitrogen and oxygen atoms in total. The van der Waals surface area contributed by atoms with E-state index in [-0.39, 0.29) is 5.41 Å². The molecule has 1 fully saturated rings. The van der Waals surface area contributed by atoms with Gasteiger partial charge in [-0.25, -0.2) is 13.4 Å². The molecule has 134 valence electrons. The standard InChI is InChI=1S/C18H23N3O2S2/c1-14-19-15(12-24-14)11-20-9-7-18(8-10-20)13-21(25(2,22)23)17-6-4-3-5-16(17)18/h3-6,12H,7-11,13H2,1-2H3. The molecule has 1 spiro atoms. The Morgan fingerprint density at radius 3 is 2.60 bits per heavy atom. The Labute approximate surface area is 153 Å². The number of aryl methyl sites for hydroxylation is 1. The van der Waals surface area contributed by atoms with Crippen LogP contribution in [0.15, 0.2) is 29.6 Å². The highest BCUT2D eigenvalue weighted by Crippen LogP contribution is 2.47. The molecule has 0 bridgehead atoms. The first-order valence-corrected chi connectivity index (χ1v) is 11.3. The fourth-order valence-electron chi connectivity index (χ4n) is 4.16. The van der Waals surface area contributed by atoms with E-state index in [1.807, 2.05) is 25.1 Å². The van der Waals surface area contributed by atoms with Gasteiger partial charge in [0, 0.05) is 23.9 Å². The quantitative estimate of drug-likeness (QED) is 0.825. The molecule has 4 rings (SSSR count). The number of sulfonamides is 1. The molecule has 0 saturated carbocycles. The Morgan fingerprint density at radius 2 is 1.96 bits per heavy atom. The third-order valence-electron chi connectivity index (χ3n) is 5.46. The van der Waals surface area contributed by atoms with Crippen molar-refractivity contribution in [3.8, 4) is 0 Å². The molecule has 2 aliphatic heterocycles. The molecule has 7 heteroatoms. The number of aromatic nitrogens is 1. The highest BCUT2D eigenvalue weighted by atomic mass is 32.2. The Balaban J connectivity index is 1.54. The van der Waals surface area contributed by atoms with E-state index in [1.165, 1.54) is 11.8 Å². The Bertz CT molecular complexity index is 883. The van der Waals surface area contributed by atoms with Gasteiger partial charge in [-0.1, -0.05) is 18.2 Å². The summed E-state index contributed by atoms with van der Waals surface area (Å²) in [6.07, 6.45) is 3.28. The lowest BCUT2D eigenvalue weighted by Gasteiger charge is -2.39. The van der Waals surface area contributed by atoms with Crippen LogP contribution in [0.5, 0.6) is 0 Å². The van der Waals surface area contributed by atoms with Crippen LogP contribution in [-0.2, 0) is 22.0 Å². The third kappa shape index (κ3) is 3.09. The SMILES string of the molecule is Cc1nc(CN2CCC3(CC2)CN(S(C)(=O)=O)c2ccccc23)cs1. The monoisotopic (exact) mass is 377 g/mol. The van der Waals surface area contributed by atoms with Gasteiger partial charge in [-0.3, -0.25) is 9.21 Å². The van der Waals surface area contributed by atoms with Crippen molar-refractivity contribution in [1.29, 1.82) is 0 Å². The van der Waals surface area contributed by atoms with Crippen molar-refractivity contribution in [2.75, 3.05) is 30.2 Å². The van der Waals surface area contributed by atoms with Gasteiger partial charge in [0.15, 0.2) is 0 Å². The number of anilines is 1. The smallest absolute Gasteiger partial charge is 0.232 e. The van der Waals surface area contributed by atoms with Crippen molar-refractivity contribution in [1.82, 2.24) is 9.88 Å². The summed E-state index contributed by atoms with van der Waals surface area (Å²) in [7, 11) is -3.24. The minimum atomic E-state index is -3.24. The Morgan fingerprint density at radius 1 is 1.24 bits per heavy atom. The molecular weight excluding hydrogens is 354 g/mol. The Hall–Kier alpha value is -1.44. The van der Waals surface area contributed by atoms with E-state index in [9.17, 15) is 8.42 Å². The van der Waals surface area contributed by atoms with Crippen LogP contribution >= 0.6 is 11.3 Å². The number of hydrogen-bond acceptors (Lipinski definition) is 5. The first kappa shape index (κ1) is 17.0. The summed E-state index contributed by atoms with van der Waals surface area (Å²) in [6, 6.07) is 8.00. The summed E-state index contributed by atoms with van der Waals surface area (Å²) < 4.78 is 26.1. The number of thiazole rings is 1. The van der Waals surface area contributed by atoms with E-state index < -0.39 is 10.0 Å². The van der Waals surface area contributed by atoms with Gasteiger partial charge >= 0.3 is 0 Å². The summed E-state index contributed by atoms with van der Waals surface area (Å²) in [5.74, 6) is 0. The number of hydrogen-bond donors (Lipinski definition) is 0. The second kappa shape index (κ2) is 6.07. The predicted octanol–water partition coefficient (Wildman–Crippen LogP) is 2.76. The molecule has 25 heavy (non-hydrogen) atoms. The predicted molar refractivity (Wildman–Crippen MR) is 102 cm³/mol. The summed E-state index contributed by atoms with van der Waals surface area (Å²) in [5.41, 5.74) is 3.16. The molecule has 0 radical (unpaired) electrons. The summed E-state index contributed by atoms with van der Waals surface area (Å²) in [6.45, 7) is 5.45. The van der Waals surface area contributed by atoms with Crippen LogP contribution in [0.1, 0.15) is 29.1 Å². The van der Waals surface area contributed by atoms with Crippen molar-refractivity contribution < 1.29 is 8.42 Å². The number of rotatable bonds is 3.